The summed E-state index contributed by atoms with van der Waals surface area (Å²) in [6, 6.07) is 0.307. The molecular formula is C14H22N2O4. The van der Waals surface area contributed by atoms with Gasteiger partial charge in [0.15, 0.2) is 0 Å². The minimum atomic E-state index is -0.924. The minimum Gasteiger partial charge on any atom is -0.480 e. The number of carbonyl (C=O) groups excluding carboxylic acids is 2. The van der Waals surface area contributed by atoms with E-state index in [1.54, 1.807) is 0 Å². The number of aliphatic carboxylic acids is 1. The number of hydrogen-bond acceptors (Lipinski definition) is 4. The minimum absolute atomic E-state index is 0.137. The van der Waals surface area contributed by atoms with Gasteiger partial charge in [0, 0.05) is 25.4 Å². The van der Waals surface area contributed by atoms with Crippen molar-refractivity contribution < 1.29 is 19.5 Å². The molecule has 0 aromatic heterocycles. The molecular weight excluding hydrogens is 260 g/mol. The van der Waals surface area contributed by atoms with Crippen LogP contribution in [0.3, 0.4) is 0 Å². The van der Waals surface area contributed by atoms with Gasteiger partial charge >= 0.3 is 5.97 Å². The zero-order chi connectivity index (χ0) is 14.8. The van der Waals surface area contributed by atoms with E-state index in [1.165, 1.54) is 4.90 Å². The highest BCUT2D eigenvalue weighted by atomic mass is 16.4. The number of amides is 2. The van der Waals surface area contributed by atoms with Crippen molar-refractivity contribution >= 4 is 17.8 Å². The van der Waals surface area contributed by atoms with Crippen molar-refractivity contribution in [1.82, 2.24) is 10.2 Å². The van der Waals surface area contributed by atoms with Crippen molar-refractivity contribution in [1.29, 1.82) is 0 Å². The molecule has 0 aromatic rings. The van der Waals surface area contributed by atoms with Crippen LogP contribution in [0.25, 0.3) is 0 Å². The summed E-state index contributed by atoms with van der Waals surface area (Å²) in [5.74, 6) is -1.11. The highest BCUT2D eigenvalue weighted by Gasteiger charge is 2.41. The van der Waals surface area contributed by atoms with Gasteiger partial charge < -0.3 is 5.11 Å². The third-order valence-corrected chi connectivity index (χ3v) is 4.21. The summed E-state index contributed by atoms with van der Waals surface area (Å²) in [5, 5.41) is 12.7. The zero-order valence-electron chi connectivity index (χ0n) is 11.9. The highest BCUT2D eigenvalue weighted by Crippen LogP contribution is 2.27. The normalized spacial score (nSPS) is 22.1. The number of rotatable bonds is 8. The highest BCUT2D eigenvalue weighted by molar-refractivity contribution is 6.01. The number of carboxylic acids is 1. The molecule has 1 atom stereocenters. The quantitative estimate of drug-likeness (QED) is 0.646. The molecule has 2 rings (SSSR count). The van der Waals surface area contributed by atoms with Crippen LogP contribution in [0, 0.1) is 0 Å². The summed E-state index contributed by atoms with van der Waals surface area (Å²) in [5.41, 5.74) is -0.924. The van der Waals surface area contributed by atoms with Crippen LogP contribution < -0.4 is 5.32 Å². The SMILES string of the molecule is CCC(CCCN1C(=O)CCC1=O)(NC1CC1)C(=O)O. The molecule has 0 bridgehead atoms. The van der Waals surface area contributed by atoms with Gasteiger partial charge in [0.1, 0.15) is 5.54 Å². The van der Waals surface area contributed by atoms with Crippen molar-refractivity contribution in [3.8, 4) is 0 Å². The zero-order valence-corrected chi connectivity index (χ0v) is 11.9. The van der Waals surface area contributed by atoms with Gasteiger partial charge in [-0.2, -0.15) is 0 Å². The van der Waals surface area contributed by atoms with Crippen LogP contribution in [0.1, 0.15) is 51.9 Å². The van der Waals surface area contributed by atoms with E-state index in [0.717, 1.165) is 12.8 Å². The Labute approximate surface area is 118 Å². The number of nitrogens with one attached hydrogen (secondary N) is 1. The first-order chi connectivity index (χ1) is 9.48. The van der Waals surface area contributed by atoms with E-state index < -0.39 is 11.5 Å². The molecule has 0 spiro atoms. The first-order valence-electron chi connectivity index (χ1n) is 7.33. The molecule has 1 aliphatic heterocycles. The second-order valence-electron chi connectivity index (χ2n) is 5.70. The summed E-state index contributed by atoms with van der Waals surface area (Å²) in [4.78, 5) is 35.8. The molecule has 1 aliphatic carbocycles. The van der Waals surface area contributed by atoms with Gasteiger partial charge in [0.05, 0.1) is 0 Å². The molecule has 2 N–H and O–H groups in total. The molecule has 1 saturated carbocycles. The third kappa shape index (κ3) is 3.17. The van der Waals surface area contributed by atoms with Gasteiger partial charge in [0.25, 0.3) is 0 Å². The smallest absolute Gasteiger partial charge is 0.323 e. The summed E-state index contributed by atoms with van der Waals surface area (Å²) < 4.78 is 0. The van der Waals surface area contributed by atoms with Gasteiger partial charge in [-0.15, -0.1) is 0 Å². The van der Waals surface area contributed by atoms with Crippen LogP contribution in [-0.4, -0.2) is 45.9 Å². The van der Waals surface area contributed by atoms with Gasteiger partial charge in [-0.25, -0.2) is 0 Å². The van der Waals surface area contributed by atoms with E-state index in [2.05, 4.69) is 5.32 Å². The number of carboxylic acid groups (broad SMARTS) is 1. The van der Waals surface area contributed by atoms with Crippen molar-refractivity contribution in [2.75, 3.05) is 6.54 Å². The molecule has 2 aliphatic rings. The van der Waals surface area contributed by atoms with E-state index in [1.807, 2.05) is 6.92 Å². The molecule has 112 valence electrons. The summed E-state index contributed by atoms with van der Waals surface area (Å²) >= 11 is 0. The fourth-order valence-corrected chi connectivity index (χ4v) is 2.70. The number of likely N-dealkylation sites (tertiary alicyclic amines) is 1. The molecule has 6 nitrogen and oxygen atoms in total. The van der Waals surface area contributed by atoms with Crippen LogP contribution >= 0.6 is 0 Å². The molecule has 1 unspecified atom stereocenters. The monoisotopic (exact) mass is 282 g/mol. The fraction of sp³-hybridized carbons (Fsp3) is 0.786. The predicted octanol–water partition coefficient (Wildman–Crippen LogP) is 0.901. The summed E-state index contributed by atoms with van der Waals surface area (Å²) in [6.07, 6.45) is 4.09. The van der Waals surface area contributed by atoms with Crippen molar-refractivity contribution in [2.45, 2.75) is 63.5 Å². The molecule has 20 heavy (non-hydrogen) atoms. The maximum atomic E-state index is 11.6. The van der Waals surface area contributed by atoms with Gasteiger partial charge in [-0.3, -0.25) is 24.6 Å². The lowest BCUT2D eigenvalue weighted by atomic mass is 9.90. The van der Waals surface area contributed by atoms with Crippen LogP contribution in [0.4, 0.5) is 0 Å². The fourth-order valence-electron chi connectivity index (χ4n) is 2.70. The molecule has 0 radical (unpaired) electrons. The van der Waals surface area contributed by atoms with Crippen LogP contribution in [0.5, 0.6) is 0 Å². The Kier molecular flexibility index (Phi) is 4.42. The number of imide groups is 1. The molecule has 1 heterocycles. The van der Waals surface area contributed by atoms with Crippen molar-refractivity contribution in [3.05, 3.63) is 0 Å². The standard InChI is InChI=1S/C14H22N2O4/c1-2-14(13(19)20,15-10-4-5-10)8-3-9-16-11(17)6-7-12(16)18/h10,15H,2-9H2,1H3,(H,19,20). The third-order valence-electron chi connectivity index (χ3n) is 4.21. The van der Waals surface area contributed by atoms with E-state index in [9.17, 15) is 19.5 Å². The van der Waals surface area contributed by atoms with Gasteiger partial charge in [0.2, 0.25) is 11.8 Å². The largest absolute Gasteiger partial charge is 0.480 e. The van der Waals surface area contributed by atoms with E-state index in [-0.39, 0.29) is 24.7 Å². The van der Waals surface area contributed by atoms with Crippen LogP contribution in [0.15, 0.2) is 0 Å². The van der Waals surface area contributed by atoms with Crippen molar-refractivity contribution in [2.24, 2.45) is 0 Å². The number of hydrogen-bond donors (Lipinski definition) is 2. The first-order valence-corrected chi connectivity index (χ1v) is 7.33. The summed E-state index contributed by atoms with van der Waals surface area (Å²) in [7, 11) is 0. The number of nitrogens with zero attached hydrogens (tertiary/aromatic N) is 1. The number of carbonyl (C=O) groups is 3. The van der Waals surface area contributed by atoms with Crippen molar-refractivity contribution in [3.63, 3.8) is 0 Å². The first kappa shape index (κ1) is 15.0. The van der Waals surface area contributed by atoms with Gasteiger partial charge in [-0.05, 0) is 32.1 Å². The molecule has 6 heteroatoms. The maximum Gasteiger partial charge on any atom is 0.323 e. The predicted molar refractivity (Wildman–Crippen MR) is 72.0 cm³/mol. The molecule has 1 saturated heterocycles. The Balaban J connectivity index is 1.89. The van der Waals surface area contributed by atoms with E-state index in [4.69, 9.17) is 0 Å². The second-order valence-corrected chi connectivity index (χ2v) is 5.70. The topological polar surface area (TPSA) is 86.7 Å². The Morgan fingerprint density at radius 2 is 1.95 bits per heavy atom. The lowest BCUT2D eigenvalue weighted by molar-refractivity contribution is -0.145. The molecule has 2 fully saturated rings. The Hall–Kier alpha value is -1.43. The average Bonchev–Trinajstić information content (AvgIpc) is 3.17. The van der Waals surface area contributed by atoms with Crippen LogP contribution in [-0.2, 0) is 14.4 Å². The second kappa shape index (κ2) is 5.91. The lowest BCUT2D eigenvalue weighted by Gasteiger charge is -2.30. The Morgan fingerprint density at radius 3 is 2.40 bits per heavy atom. The average molecular weight is 282 g/mol. The maximum absolute atomic E-state index is 11.6. The Morgan fingerprint density at radius 1 is 1.35 bits per heavy atom. The van der Waals surface area contributed by atoms with Gasteiger partial charge in [-0.1, -0.05) is 6.92 Å². The molecule has 0 aromatic carbocycles. The van der Waals surface area contributed by atoms with Crippen LogP contribution in [0.2, 0.25) is 0 Å². The molecule has 2 amide bonds. The Bertz CT molecular complexity index is 403. The van der Waals surface area contributed by atoms with E-state index >= 15 is 0 Å². The van der Waals surface area contributed by atoms with E-state index in [0.29, 0.717) is 31.8 Å². The summed E-state index contributed by atoms with van der Waals surface area (Å²) in [6.45, 7) is 2.19. The lowest BCUT2D eigenvalue weighted by Crippen LogP contribution is -2.53.